The van der Waals surface area contributed by atoms with Crippen LogP contribution >= 0.6 is 0 Å². The van der Waals surface area contributed by atoms with Crippen molar-refractivity contribution in [3.05, 3.63) is 34.9 Å². The second-order valence-corrected chi connectivity index (χ2v) is 3.96. The van der Waals surface area contributed by atoms with Crippen LogP contribution in [-0.4, -0.2) is 12.1 Å². The van der Waals surface area contributed by atoms with Crippen LogP contribution in [0.25, 0.3) is 10.9 Å². The number of nitrogens with two attached hydrogens (primary N) is 1. The number of nitrogens with zero attached hydrogens (tertiary/aromatic N) is 1. The van der Waals surface area contributed by atoms with Crippen molar-refractivity contribution in [1.82, 2.24) is 4.98 Å². The standard InChI is InChI=1S/C13H16N2O/c1-8-4-5-9(2)12-11(8)6-10(7-14)13(15-12)16-3/h4-6H,7,14H2,1-3H3. The highest BCUT2D eigenvalue weighted by atomic mass is 16.5. The summed E-state index contributed by atoms with van der Waals surface area (Å²) in [6, 6.07) is 6.25. The van der Waals surface area contributed by atoms with E-state index in [1.807, 2.05) is 0 Å². The number of pyridine rings is 1. The molecule has 0 spiro atoms. The van der Waals surface area contributed by atoms with E-state index in [2.05, 4.69) is 37.0 Å². The van der Waals surface area contributed by atoms with Crippen LogP contribution in [0, 0.1) is 13.8 Å². The van der Waals surface area contributed by atoms with Crippen LogP contribution in [0.4, 0.5) is 0 Å². The average molecular weight is 216 g/mol. The number of hydrogen-bond acceptors (Lipinski definition) is 3. The zero-order valence-corrected chi connectivity index (χ0v) is 9.87. The molecule has 0 amide bonds. The van der Waals surface area contributed by atoms with Crippen molar-refractivity contribution in [2.24, 2.45) is 5.73 Å². The summed E-state index contributed by atoms with van der Waals surface area (Å²) in [5, 5.41) is 1.15. The third-order valence-electron chi connectivity index (χ3n) is 2.86. The van der Waals surface area contributed by atoms with E-state index in [1.54, 1.807) is 7.11 Å². The summed E-state index contributed by atoms with van der Waals surface area (Å²) in [5.41, 5.74) is 10.00. The smallest absolute Gasteiger partial charge is 0.218 e. The number of ether oxygens (including phenoxy) is 1. The molecule has 0 saturated heterocycles. The minimum atomic E-state index is 0.444. The van der Waals surface area contributed by atoms with Crippen molar-refractivity contribution < 1.29 is 4.74 Å². The summed E-state index contributed by atoms with van der Waals surface area (Å²) in [7, 11) is 1.62. The highest BCUT2D eigenvalue weighted by Gasteiger charge is 2.09. The van der Waals surface area contributed by atoms with E-state index in [0.29, 0.717) is 12.4 Å². The summed E-state index contributed by atoms with van der Waals surface area (Å²) in [6.07, 6.45) is 0. The molecule has 3 heteroatoms. The van der Waals surface area contributed by atoms with Gasteiger partial charge in [-0.05, 0) is 31.0 Å². The molecular weight excluding hydrogens is 200 g/mol. The van der Waals surface area contributed by atoms with Crippen LogP contribution in [0.1, 0.15) is 16.7 Å². The Morgan fingerprint density at radius 2 is 1.94 bits per heavy atom. The van der Waals surface area contributed by atoms with E-state index >= 15 is 0 Å². The Kier molecular flexibility index (Phi) is 2.79. The Morgan fingerprint density at radius 1 is 1.25 bits per heavy atom. The van der Waals surface area contributed by atoms with Crippen molar-refractivity contribution in [3.8, 4) is 5.88 Å². The molecule has 0 aliphatic heterocycles. The maximum atomic E-state index is 5.69. The molecule has 0 aliphatic rings. The minimum absolute atomic E-state index is 0.444. The second kappa shape index (κ2) is 4.10. The van der Waals surface area contributed by atoms with Crippen molar-refractivity contribution in [3.63, 3.8) is 0 Å². The highest BCUT2D eigenvalue weighted by Crippen LogP contribution is 2.26. The highest BCUT2D eigenvalue weighted by molar-refractivity contribution is 5.86. The summed E-state index contributed by atoms with van der Waals surface area (Å²) >= 11 is 0. The van der Waals surface area contributed by atoms with Gasteiger partial charge in [-0.2, -0.15) is 0 Å². The van der Waals surface area contributed by atoms with Crippen LogP contribution in [0.15, 0.2) is 18.2 Å². The Morgan fingerprint density at radius 3 is 2.56 bits per heavy atom. The second-order valence-electron chi connectivity index (χ2n) is 3.96. The van der Waals surface area contributed by atoms with Gasteiger partial charge in [0.05, 0.1) is 12.6 Å². The molecule has 1 aromatic heterocycles. The maximum Gasteiger partial charge on any atom is 0.218 e. The topological polar surface area (TPSA) is 48.1 Å². The summed E-state index contributed by atoms with van der Waals surface area (Å²) in [4.78, 5) is 4.52. The predicted octanol–water partition coefficient (Wildman–Crippen LogP) is 2.32. The van der Waals surface area contributed by atoms with Crippen molar-refractivity contribution in [2.45, 2.75) is 20.4 Å². The van der Waals surface area contributed by atoms with Crippen LogP contribution in [-0.2, 0) is 6.54 Å². The van der Waals surface area contributed by atoms with Gasteiger partial charge in [0, 0.05) is 17.5 Å². The number of benzene rings is 1. The number of fused-ring (bicyclic) bond motifs is 1. The molecule has 1 aromatic carbocycles. The van der Waals surface area contributed by atoms with Crippen LogP contribution < -0.4 is 10.5 Å². The van der Waals surface area contributed by atoms with Gasteiger partial charge in [-0.25, -0.2) is 4.98 Å². The Labute approximate surface area is 95.2 Å². The van der Waals surface area contributed by atoms with E-state index in [-0.39, 0.29) is 0 Å². The minimum Gasteiger partial charge on any atom is -0.481 e. The number of aromatic nitrogens is 1. The summed E-state index contributed by atoms with van der Waals surface area (Å²) < 4.78 is 5.25. The van der Waals surface area contributed by atoms with Crippen molar-refractivity contribution in [1.29, 1.82) is 0 Å². The van der Waals surface area contributed by atoms with Gasteiger partial charge in [-0.3, -0.25) is 0 Å². The number of hydrogen-bond donors (Lipinski definition) is 1. The number of methoxy groups -OCH3 is 1. The number of aryl methyl sites for hydroxylation is 2. The third-order valence-corrected chi connectivity index (χ3v) is 2.86. The van der Waals surface area contributed by atoms with E-state index in [4.69, 9.17) is 10.5 Å². The Hall–Kier alpha value is -1.61. The molecule has 3 nitrogen and oxygen atoms in total. The molecule has 0 atom stereocenters. The molecule has 0 unspecified atom stereocenters. The average Bonchev–Trinajstić information content (AvgIpc) is 2.32. The largest absolute Gasteiger partial charge is 0.481 e. The van der Waals surface area contributed by atoms with Gasteiger partial charge in [-0.1, -0.05) is 12.1 Å². The molecule has 0 saturated carbocycles. The SMILES string of the molecule is COc1nc2c(C)ccc(C)c2cc1CN. The first kappa shape index (κ1) is 10.9. The molecule has 84 valence electrons. The fourth-order valence-corrected chi connectivity index (χ4v) is 1.88. The fraction of sp³-hybridized carbons (Fsp3) is 0.308. The van der Waals surface area contributed by atoms with Gasteiger partial charge in [-0.15, -0.1) is 0 Å². The molecule has 2 N–H and O–H groups in total. The normalized spacial score (nSPS) is 10.8. The molecule has 1 heterocycles. The quantitative estimate of drug-likeness (QED) is 0.838. The van der Waals surface area contributed by atoms with Crippen LogP contribution in [0.3, 0.4) is 0 Å². The Bertz CT molecular complexity index is 486. The lowest BCUT2D eigenvalue weighted by Gasteiger charge is -2.10. The zero-order chi connectivity index (χ0) is 11.7. The summed E-state index contributed by atoms with van der Waals surface area (Å²) in [5.74, 6) is 0.628. The van der Waals surface area contributed by atoms with E-state index in [1.165, 1.54) is 5.56 Å². The lowest BCUT2D eigenvalue weighted by Crippen LogP contribution is -2.02. The molecule has 0 radical (unpaired) electrons. The van der Waals surface area contributed by atoms with Gasteiger partial charge < -0.3 is 10.5 Å². The molecule has 0 bridgehead atoms. The lowest BCUT2D eigenvalue weighted by molar-refractivity contribution is 0.394. The lowest BCUT2D eigenvalue weighted by atomic mass is 10.0. The monoisotopic (exact) mass is 216 g/mol. The van der Waals surface area contributed by atoms with Gasteiger partial charge in [0.1, 0.15) is 0 Å². The molecular formula is C13H16N2O. The fourth-order valence-electron chi connectivity index (χ4n) is 1.88. The van der Waals surface area contributed by atoms with Gasteiger partial charge >= 0.3 is 0 Å². The molecule has 2 rings (SSSR count). The van der Waals surface area contributed by atoms with E-state index in [9.17, 15) is 0 Å². The number of rotatable bonds is 2. The summed E-state index contributed by atoms with van der Waals surface area (Å²) in [6.45, 7) is 4.58. The van der Waals surface area contributed by atoms with Gasteiger partial charge in [0.25, 0.3) is 0 Å². The van der Waals surface area contributed by atoms with E-state index in [0.717, 1.165) is 22.0 Å². The van der Waals surface area contributed by atoms with Crippen LogP contribution in [0.2, 0.25) is 0 Å². The molecule has 0 aliphatic carbocycles. The van der Waals surface area contributed by atoms with E-state index < -0.39 is 0 Å². The predicted molar refractivity (Wildman–Crippen MR) is 65.7 cm³/mol. The molecule has 0 fully saturated rings. The van der Waals surface area contributed by atoms with Crippen molar-refractivity contribution >= 4 is 10.9 Å². The van der Waals surface area contributed by atoms with Crippen LogP contribution in [0.5, 0.6) is 5.88 Å². The first-order valence-corrected chi connectivity index (χ1v) is 5.31. The first-order chi connectivity index (χ1) is 7.67. The zero-order valence-electron chi connectivity index (χ0n) is 9.87. The Balaban J connectivity index is 2.82. The van der Waals surface area contributed by atoms with Crippen molar-refractivity contribution in [2.75, 3.05) is 7.11 Å². The maximum absolute atomic E-state index is 5.69. The van der Waals surface area contributed by atoms with Gasteiger partial charge in [0.2, 0.25) is 5.88 Å². The molecule has 2 aromatic rings. The first-order valence-electron chi connectivity index (χ1n) is 5.31. The van der Waals surface area contributed by atoms with Gasteiger partial charge in [0.15, 0.2) is 0 Å². The molecule has 16 heavy (non-hydrogen) atoms. The third kappa shape index (κ3) is 1.63.